The molecule has 3 rings (SSSR count). The van der Waals surface area contributed by atoms with E-state index in [4.69, 9.17) is 18.6 Å². The minimum absolute atomic E-state index is 0.692. The van der Waals surface area contributed by atoms with E-state index in [1.165, 1.54) is 0 Å². The van der Waals surface area contributed by atoms with Crippen LogP contribution in [0.2, 0.25) is 0 Å². The van der Waals surface area contributed by atoms with E-state index in [1.54, 1.807) is 55.4 Å². The Morgan fingerprint density at radius 3 is 1.10 bits per heavy atom. The van der Waals surface area contributed by atoms with Crippen LogP contribution in [0.5, 0.6) is 0 Å². The van der Waals surface area contributed by atoms with E-state index >= 15 is 4.39 Å². The Kier molecular flexibility index (Phi) is 5.22. The largest absolute Gasteiger partial charge is 0.500 e. The monoisotopic (exact) mass is 416 g/mol. The first-order valence-corrected chi connectivity index (χ1v) is 9.52. The summed E-state index contributed by atoms with van der Waals surface area (Å²) >= 11 is 0. The molecule has 0 aromatic heterocycles. The number of halogens is 4. The average molecular weight is 416 g/mol. The second kappa shape index (κ2) is 6.70. The molecule has 10 heteroatoms. The van der Waals surface area contributed by atoms with Crippen LogP contribution in [0.4, 0.5) is 17.6 Å². The molecular weight excluding hydrogens is 390 g/mol. The maximum Gasteiger partial charge on any atom is 0.500 e. The molecule has 2 fully saturated rings. The van der Waals surface area contributed by atoms with Gasteiger partial charge in [0.25, 0.3) is 0 Å². The summed E-state index contributed by atoms with van der Waals surface area (Å²) in [6, 6.07) is 0. The van der Waals surface area contributed by atoms with Crippen LogP contribution in [-0.4, -0.2) is 36.6 Å². The summed E-state index contributed by atoms with van der Waals surface area (Å²) in [4.78, 5) is 0. The number of alkyl halides is 1. The molecule has 2 aliphatic rings. The van der Waals surface area contributed by atoms with Crippen molar-refractivity contribution in [3.8, 4) is 0 Å². The van der Waals surface area contributed by atoms with Gasteiger partial charge in [0.2, 0.25) is 0 Å². The highest BCUT2D eigenvalue weighted by Gasteiger charge is 2.57. The second-order valence-corrected chi connectivity index (χ2v) is 9.56. The predicted molar refractivity (Wildman–Crippen MR) is 103 cm³/mol. The van der Waals surface area contributed by atoms with E-state index in [1.807, 2.05) is 0 Å². The van der Waals surface area contributed by atoms with Gasteiger partial charge < -0.3 is 18.6 Å². The van der Waals surface area contributed by atoms with Crippen LogP contribution >= 0.6 is 0 Å². The molecule has 0 aliphatic carbocycles. The van der Waals surface area contributed by atoms with Crippen molar-refractivity contribution in [3.63, 3.8) is 0 Å². The van der Waals surface area contributed by atoms with Crippen LogP contribution in [0.15, 0.2) is 0 Å². The summed E-state index contributed by atoms with van der Waals surface area (Å²) in [5, 5.41) is 0. The normalized spacial score (nSPS) is 24.4. The standard InChI is InChI=1S/C19H26B2F4O4/c1-16(2)17(3,4)27-20(26-16)11-13(23)10(9-22)14(24)12(15(11)25)21-28-18(5,6)19(7,8)29-21/h9H2,1-8H3. The summed E-state index contributed by atoms with van der Waals surface area (Å²) in [6.45, 7) is 12.2. The highest BCUT2D eigenvalue weighted by Crippen LogP contribution is 2.39. The first-order valence-electron chi connectivity index (χ1n) is 9.52. The number of hydrogen-bond acceptors (Lipinski definition) is 4. The Morgan fingerprint density at radius 1 is 0.586 bits per heavy atom. The van der Waals surface area contributed by atoms with Gasteiger partial charge in [-0.2, -0.15) is 0 Å². The molecule has 2 heterocycles. The van der Waals surface area contributed by atoms with Gasteiger partial charge in [-0.15, -0.1) is 0 Å². The zero-order chi connectivity index (χ0) is 22.2. The first kappa shape index (κ1) is 22.6. The molecule has 2 aliphatic heterocycles. The van der Waals surface area contributed by atoms with Gasteiger partial charge in [0.05, 0.1) is 38.9 Å². The van der Waals surface area contributed by atoms with E-state index in [9.17, 15) is 13.2 Å². The number of hydrogen-bond donors (Lipinski definition) is 0. The van der Waals surface area contributed by atoms with E-state index < -0.39 is 77.3 Å². The topological polar surface area (TPSA) is 36.9 Å². The molecule has 1 aromatic rings. The summed E-state index contributed by atoms with van der Waals surface area (Å²) in [7, 11) is -2.96. The van der Waals surface area contributed by atoms with E-state index in [0.29, 0.717) is 0 Å². The third-order valence-electron chi connectivity index (χ3n) is 6.59. The Balaban J connectivity index is 2.17. The van der Waals surface area contributed by atoms with Gasteiger partial charge in [0.15, 0.2) is 0 Å². The van der Waals surface area contributed by atoms with Gasteiger partial charge in [-0.05, 0) is 55.4 Å². The van der Waals surface area contributed by atoms with Crippen molar-refractivity contribution in [2.45, 2.75) is 84.5 Å². The molecule has 0 saturated carbocycles. The minimum atomic E-state index is -1.48. The molecule has 0 unspecified atom stereocenters. The van der Waals surface area contributed by atoms with E-state index in [2.05, 4.69) is 0 Å². The zero-order valence-corrected chi connectivity index (χ0v) is 18.0. The van der Waals surface area contributed by atoms with Crippen molar-refractivity contribution in [1.29, 1.82) is 0 Å². The Morgan fingerprint density at radius 2 is 0.862 bits per heavy atom. The van der Waals surface area contributed by atoms with Crippen molar-refractivity contribution < 1.29 is 36.2 Å². The lowest BCUT2D eigenvalue weighted by Gasteiger charge is -2.32. The van der Waals surface area contributed by atoms with Crippen molar-refractivity contribution in [3.05, 3.63) is 23.0 Å². The molecule has 0 bridgehead atoms. The second-order valence-electron chi connectivity index (χ2n) is 9.56. The fraction of sp³-hybridized carbons (Fsp3) is 0.684. The van der Waals surface area contributed by atoms with Crippen molar-refractivity contribution >= 4 is 25.2 Å². The SMILES string of the molecule is CC1(C)OB(c2c(F)c(CF)c(F)c(B3OC(C)(C)C(C)(C)O3)c2F)OC1(C)C. The fourth-order valence-corrected chi connectivity index (χ4v) is 3.21. The van der Waals surface area contributed by atoms with Crippen LogP contribution < -0.4 is 10.9 Å². The van der Waals surface area contributed by atoms with Crippen LogP contribution in [-0.2, 0) is 25.3 Å². The van der Waals surface area contributed by atoms with Gasteiger partial charge in [0.1, 0.15) is 24.1 Å². The first-order chi connectivity index (χ1) is 13.1. The lowest BCUT2D eigenvalue weighted by molar-refractivity contribution is 0.00578. The molecule has 4 nitrogen and oxygen atoms in total. The molecule has 0 amide bonds. The predicted octanol–water partition coefficient (Wildman–Crippen LogP) is 3.17. The van der Waals surface area contributed by atoms with Crippen LogP contribution in [0, 0.1) is 17.5 Å². The number of benzene rings is 1. The quantitative estimate of drug-likeness (QED) is 0.561. The van der Waals surface area contributed by atoms with Crippen LogP contribution in [0.1, 0.15) is 61.0 Å². The summed E-state index contributed by atoms with van der Waals surface area (Å²) in [5.41, 5.74) is -5.89. The van der Waals surface area contributed by atoms with Crippen LogP contribution in [0.25, 0.3) is 0 Å². The third kappa shape index (κ3) is 3.32. The van der Waals surface area contributed by atoms with Gasteiger partial charge in [-0.1, -0.05) is 0 Å². The maximum atomic E-state index is 15.5. The van der Waals surface area contributed by atoms with Gasteiger partial charge in [-0.3, -0.25) is 0 Å². The highest BCUT2D eigenvalue weighted by atomic mass is 19.2. The molecular formula is C19H26B2F4O4. The smallest absolute Gasteiger partial charge is 0.399 e. The zero-order valence-electron chi connectivity index (χ0n) is 18.0. The maximum absolute atomic E-state index is 15.5. The summed E-state index contributed by atoms with van der Waals surface area (Å²) in [6.07, 6.45) is 0. The minimum Gasteiger partial charge on any atom is -0.399 e. The fourth-order valence-electron chi connectivity index (χ4n) is 3.21. The Labute approximate surface area is 169 Å². The summed E-state index contributed by atoms with van der Waals surface area (Å²) in [5.74, 6) is -4.02. The molecule has 0 spiro atoms. The van der Waals surface area contributed by atoms with Crippen LogP contribution in [0.3, 0.4) is 0 Å². The molecule has 0 radical (unpaired) electrons. The van der Waals surface area contributed by atoms with Crippen molar-refractivity contribution in [2.75, 3.05) is 0 Å². The molecule has 1 aromatic carbocycles. The van der Waals surface area contributed by atoms with Crippen molar-refractivity contribution in [2.24, 2.45) is 0 Å². The summed E-state index contributed by atoms with van der Waals surface area (Å²) < 4.78 is 81.9. The highest BCUT2D eigenvalue weighted by molar-refractivity contribution is 6.66. The van der Waals surface area contributed by atoms with E-state index in [-0.39, 0.29) is 0 Å². The molecule has 0 atom stereocenters. The number of rotatable bonds is 3. The Hall–Kier alpha value is -1.09. The van der Waals surface area contributed by atoms with Gasteiger partial charge in [0, 0.05) is 0 Å². The van der Waals surface area contributed by atoms with Gasteiger partial charge in [-0.25, -0.2) is 17.6 Å². The van der Waals surface area contributed by atoms with E-state index in [0.717, 1.165) is 0 Å². The molecule has 0 N–H and O–H groups in total. The lowest BCUT2D eigenvalue weighted by Crippen LogP contribution is -2.49. The average Bonchev–Trinajstić information content (AvgIpc) is 2.86. The molecule has 2 saturated heterocycles. The Bertz CT molecular complexity index is 747. The van der Waals surface area contributed by atoms with Gasteiger partial charge >= 0.3 is 14.2 Å². The molecule has 29 heavy (non-hydrogen) atoms. The molecule has 160 valence electrons. The lowest BCUT2D eigenvalue weighted by atomic mass is 9.69. The third-order valence-corrected chi connectivity index (χ3v) is 6.59. The van der Waals surface area contributed by atoms with Crippen molar-refractivity contribution in [1.82, 2.24) is 0 Å².